The summed E-state index contributed by atoms with van der Waals surface area (Å²) in [5.74, 6) is -0.258. The number of rotatable bonds is 6. The fourth-order valence-electron chi connectivity index (χ4n) is 3.40. The molecule has 172 valence electrons. The molecule has 0 aliphatic carbocycles. The van der Waals surface area contributed by atoms with Gasteiger partial charge in [0, 0.05) is 11.8 Å². The molecular formula is C22H17F5N4O2. The van der Waals surface area contributed by atoms with Crippen LogP contribution < -0.4 is 10.1 Å². The number of halogens is 5. The molecule has 0 radical (unpaired) electrons. The summed E-state index contributed by atoms with van der Waals surface area (Å²) in [6.45, 7) is -1.49. The fraction of sp³-hybridized carbons (Fsp3) is 0.182. The van der Waals surface area contributed by atoms with Gasteiger partial charge in [-0.25, -0.2) is 0 Å². The highest BCUT2D eigenvalue weighted by atomic mass is 19.4. The van der Waals surface area contributed by atoms with Crippen molar-refractivity contribution in [2.45, 2.75) is 25.8 Å². The molecule has 0 aliphatic heterocycles. The van der Waals surface area contributed by atoms with E-state index in [1.807, 2.05) is 13.0 Å². The molecule has 1 atom stereocenters. The van der Waals surface area contributed by atoms with Crippen molar-refractivity contribution in [1.29, 1.82) is 0 Å². The van der Waals surface area contributed by atoms with Crippen molar-refractivity contribution in [2.24, 2.45) is 0 Å². The van der Waals surface area contributed by atoms with E-state index in [1.165, 1.54) is 6.07 Å². The topological polar surface area (TPSA) is 71.7 Å². The van der Waals surface area contributed by atoms with Crippen LogP contribution in [0.1, 0.15) is 24.1 Å². The zero-order valence-corrected chi connectivity index (χ0v) is 17.0. The average Bonchev–Trinajstić information content (AvgIpc) is 3.23. The fourth-order valence-corrected chi connectivity index (χ4v) is 3.40. The molecule has 4 rings (SSSR count). The van der Waals surface area contributed by atoms with E-state index in [1.54, 1.807) is 34.9 Å². The van der Waals surface area contributed by atoms with Crippen LogP contribution in [0, 0.1) is 0 Å². The minimum Gasteiger partial charge on any atom is -0.508 e. The second-order valence-corrected chi connectivity index (χ2v) is 7.18. The molecule has 33 heavy (non-hydrogen) atoms. The number of hydrogen-bond donors (Lipinski definition) is 2. The van der Waals surface area contributed by atoms with Gasteiger partial charge in [0.05, 0.1) is 17.1 Å². The predicted molar refractivity (Wildman–Crippen MR) is 110 cm³/mol. The number of aromatic nitrogens is 3. The Balaban J connectivity index is 1.76. The number of anilines is 1. The maximum absolute atomic E-state index is 13.1. The molecule has 6 nitrogen and oxygen atoms in total. The van der Waals surface area contributed by atoms with Gasteiger partial charge in [0.15, 0.2) is 0 Å². The highest BCUT2D eigenvalue weighted by Crippen LogP contribution is 2.38. The van der Waals surface area contributed by atoms with Crippen LogP contribution in [-0.4, -0.2) is 26.3 Å². The van der Waals surface area contributed by atoms with Gasteiger partial charge in [-0.1, -0.05) is 12.1 Å². The van der Waals surface area contributed by atoms with Gasteiger partial charge in [0.2, 0.25) is 5.95 Å². The highest BCUT2D eigenvalue weighted by molar-refractivity contribution is 5.81. The van der Waals surface area contributed by atoms with Crippen molar-refractivity contribution >= 4 is 11.5 Å². The summed E-state index contributed by atoms with van der Waals surface area (Å²) in [6.07, 6.45) is -3.09. The first kappa shape index (κ1) is 22.3. The van der Waals surface area contributed by atoms with E-state index in [-0.39, 0.29) is 23.0 Å². The standard InChI is InChI=1S/C22H17F5N4O2/c1-12(13-4-2-5-15(32)10-13)28-21-30-29-19(17-6-3-9-31(17)21)16-8-7-14(22(25,26)27)11-18(16)33-20(23)24/h2-12,20,32H,1H3,(H,28,30). The van der Waals surface area contributed by atoms with Gasteiger partial charge in [-0.3, -0.25) is 4.40 Å². The molecule has 0 bridgehead atoms. The first-order valence-electron chi connectivity index (χ1n) is 9.69. The van der Waals surface area contributed by atoms with Crippen LogP contribution in [-0.2, 0) is 6.18 Å². The summed E-state index contributed by atoms with van der Waals surface area (Å²) in [5, 5.41) is 21.0. The molecule has 0 saturated heterocycles. The highest BCUT2D eigenvalue weighted by Gasteiger charge is 2.32. The Bertz CT molecular complexity index is 1290. The molecule has 4 aromatic rings. The zero-order chi connectivity index (χ0) is 23.8. The summed E-state index contributed by atoms with van der Waals surface area (Å²) < 4.78 is 71.1. The van der Waals surface area contributed by atoms with Crippen LogP contribution in [0.5, 0.6) is 11.5 Å². The summed E-state index contributed by atoms with van der Waals surface area (Å²) in [6, 6.07) is 11.9. The minimum absolute atomic E-state index is 0.0629. The molecular weight excluding hydrogens is 447 g/mol. The van der Waals surface area contributed by atoms with Crippen LogP contribution >= 0.6 is 0 Å². The lowest BCUT2D eigenvalue weighted by molar-refractivity contribution is -0.138. The maximum Gasteiger partial charge on any atom is 0.416 e. The van der Waals surface area contributed by atoms with Crippen LogP contribution in [0.2, 0.25) is 0 Å². The SMILES string of the molecule is CC(Nc1nnc(-c2ccc(C(F)(F)F)cc2OC(F)F)c2cccn12)c1cccc(O)c1. The molecule has 0 aliphatic rings. The number of ether oxygens (including phenoxy) is 1. The molecule has 2 N–H and O–H groups in total. The second-order valence-electron chi connectivity index (χ2n) is 7.18. The van der Waals surface area contributed by atoms with Crippen molar-refractivity contribution in [2.75, 3.05) is 5.32 Å². The normalized spacial score (nSPS) is 12.8. The number of alkyl halides is 5. The van der Waals surface area contributed by atoms with Crippen LogP contribution in [0.15, 0.2) is 60.8 Å². The first-order chi connectivity index (χ1) is 15.6. The number of phenols is 1. The van der Waals surface area contributed by atoms with Crippen molar-refractivity contribution in [1.82, 2.24) is 14.6 Å². The lowest BCUT2D eigenvalue weighted by atomic mass is 10.1. The third kappa shape index (κ3) is 4.66. The Morgan fingerprint density at radius 3 is 2.52 bits per heavy atom. The third-order valence-electron chi connectivity index (χ3n) is 4.96. The molecule has 0 amide bonds. The molecule has 2 aromatic carbocycles. The van der Waals surface area contributed by atoms with Gasteiger partial charge in [0.25, 0.3) is 0 Å². The number of benzene rings is 2. The lowest BCUT2D eigenvalue weighted by Crippen LogP contribution is -2.13. The monoisotopic (exact) mass is 464 g/mol. The van der Waals surface area contributed by atoms with Crippen molar-refractivity contribution < 1.29 is 31.8 Å². The molecule has 2 aromatic heterocycles. The molecule has 2 heterocycles. The molecule has 11 heteroatoms. The van der Waals surface area contributed by atoms with Crippen LogP contribution in [0.4, 0.5) is 27.9 Å². The maximum atomic E-state index is 13.1. The Hall–Kier alpha value is -3.89. The van der Waals surface area contributed by atoms with E-state index >= 15 is 0 Å². The number of fused-ring (bicyclic) bond motifs is 1. The Morgan fingerprint density at radius 1 is 1.03 bits per heavy atom. The predicted octanol–water partition coefficient (Wildman–Crippen LogP) is 5.90. The largest absolute Gasteiger partial charge is 0.508 e. The van der Waals surface area contributed by atoms with Gasteiger partial charge in [-0.15, -0.1) is 10.2 Å². The average molecular weight is 464 g/mol. The molecule has 0 fully saturated rings. The lowest BCUT2D eigenvalue weighted by Gasteiger charge is -2.18. The third-order valence-corrected chi connectivity index (χ3v) is 4.96. The number of nitrogens with zero attached hydrogens (tertiary/aromatic N) is 3. The number of nitrogens with one attached hydrogen (secondary N) is 1. The second kappa shape index (κ2) is 8.57. The van der Waals surface area contributed by atoms with E-state index in [9.17, 15) is 27.1 Å². The van der Waals surface area contributed by atoms with Gasteiger partial charge in [-0.05, 0) is 55.0 Å². The van der Waals surface area contributed by atoms with Crippen molar-refractivity contribution in [3.05, 3.63) is 71.9 Å². The number of phenolic OH excluding ortho intramolecular Hbond substituents is 1. The van der Waals surface area contributed by atoms with Gasteiger partial charge in [0.1, 0.15) is 17.2 Å². The van der Waals surface area contributed by atoms with E-state index < -0.39 is 24.1 Å². The molecule has 0 saturated carbocycles. The minimum atomic E-state index is -4.73. The quantitative estimate of drug-likeness (QED) is 0.348. The summed E-state index contributed by atoms with van der Waals surface area (Å²) >= 11 is 0. The van der Waals surface area contributed by atoms with Crippen molar-refractivity contribution in [3.8, 4) is 22.8 Å². The Morgan fingerprint density at radius 2 is 1.82 bits per heavy atom. The first-order valence-corrected chi connectivity index (χ1v) is 9.69. The van der Waals surface area contributed by atoms with Gasteiger partial charge in [-0.2, -0.15) is 22.0 Å². The van der Waals surface area contributed by atoms with Gasteiger partial charge < -0.3 is 15.2 Å². The summed E-state index contributed by atoms with van der Waals surface area (Å²) in [7, 11) is 0. The Kier molecular flexibility index (Phi) is 5.79. The van der Waals surface area contributed by atoms with E-state index in [0.717, 1.165) is 17.7 Å². The number of hydrogen-bond acceptors (Lipinski definition) is 5. The summed E-state index contributed by atoms with van der Waals surface area (Å²) in [5.41, 5.74) is 0.0672. The smallest absolute Gasteiger partial charge is 0.416 e. The van der Waals surface area contributed by atoms with Gasteiger partial charge >= 0.3 is 12.8 Å². The number of aromatic hydroxyl groups is 1. The molecule has 1 unspecified atom stereocenters. The van der Waals surface area contributed by atoms with E-state index in [2.05, 4.69) is 20.3 Å². The van der Waals surface area contributed by atoms with E-state index in [4.69, 9.17) is 0 Å². The zero-order valence-electron chi connectivity index (χ0n) is 17.0. The van der Waals surface area contributed by atoms with Crippen LogP contribution in [0.3, 0.4) is 0 Å². The Labute approximate surface area is 184 Å². The molecule has 0 spiro atoms. The van der Waals surface area contributed by atoms with Crippen molar-refractivity contribution in [3.63, 3.8) is 0 Å². The van der Waals surface area contributed by atoms with Crippen LogP contribution in [0.25, 0.3) is 16.8 Å². The van der Waals surface area contributed by atoms with E-state index in [0.29, 0.717) is 17.5 Å². The summed E-state index contributed by atoms with van der Waals surface area (Å²) in [4.78, 5) is 0.